The molecule has 0 aliphatic rings. The molecular formula is C16H40O6. The van der Waals surface area contributed by atoms with Gasteiger partial charge in [-0.05, 0) is 0 Å². The van der Waals surface area contributed by atoms with Crippen LogP contribution in [0.3, 0.4) is 0 Å². The van der Waals surface area contributed by atoms with E-state index in [1.54, 1.807) is 6.92 Å². The summed E-state index contributed by atoms with van der Waals surface area (Å²) in [6.07, 6.45) is 13.5. The summed E-state index contributed by atoms with van der Waals surface area (Å²) in [6, 6.07) is 0. The molecule has 0 amide bonds. The van der Waals surface area contributed by atoms with E-state index in [0.29, 0.717) is 6.42 Å². The highest BCUT2D eigenvalue weighted by atomic mass is 16.6. The average molecular weight is 328 g/mol. The number of esters is 1. The number of terminal acetylenes is 2. The van der Waals surface area contributed by atoms with Crippen molar-refractivity contribution in [1.29, 1.82) is 0 Å². The van der Waals surface area contributed by atoms with E-state index in [1.807, 2.05) is 12.2 Å². The molecule has 0 saturated heterocycles. The minimum Gasteiger partial charge on any atom is -0.462 e. The van der Waals surface area contributed by atoms with Gasteiger partial charge in [0.05, 0.1) is 0 Å². The fraction of sp³-hybridized carbons (Fsp3) is 0.688. The lowest BCUT2D eigenvalue weighted by Crippen LogP contribution is -2.24. The maximum Gasteiger partial charge on any atom is 0.305 e. The summed E-state index contributed by atoms with van der Waals surface area (Å²) >= 11 is 0. The van der Waals surface area contributed by atoms with Gasteiger partial charge in [-0.25, -0.2) is 0 Å². The third-order valence-corrected chi connectivity index (χ3v) is 1.31. The minimum absolute atomic E-state index is 0. The Balaban J connectivity index is -0.0000000302. The van der Waals surface area contributed by atoms with Crippen molar-refractivity contribution in [3.63, 3.8) is 0 Å². The summed E-state index contributed by atoms with van der Waals surface area (Å²) in [4.78, 5) is 10.8. The Kier molecular flexibility index (Phi) is 116. The number of carbonyl (C=O) groups is 1. The summed E-state index contributed by atoms with van der Waals surface area (Å²) < 4.78 is 14.2. The number of ether oxygens (including phenoxy) is 3. The van der Waals surface area contributed by atoms with Gasteiger partial charge in [-0.2, -0.15) is 0 Å². The molecule has 0 bridgehead atoms. The van der Waals surface area contributed by atoms with E-state index >= 15 is 0 Å². The van der Waals surface area contributed by atoms with E-state index in [9.17, 15) is 4.79 Å². The lowest BCUT2D eigenvalue weighted by Gasteiger charge is -2.12. The topological polar surface area (TPSA) is 108 Å². The van der Waals surface area contributed by atoms with Gasteiger partial charge in [-0.15, -0.1) is 0 Å². The molecule has 0 heterocycles. The molecule has 0 aliphatic carbocycles. The van der Waals surface area contributed by atoms with Gasteiger partial charge in [0.2, 0.25) is 0 Å². The Morgan fingerprint density at radius 1 is 0.955 bits per heavy atom. The standard InChI is InChI=1S/C10H12O4.6CH4.2H2O/c1-4-10(11)14-8-9(13-6-3)7-12-5-2;;;;;;;;/h2-3,9H,4,7-8H2,1H3;6*1H4;2*1H2. The summed E-state index contributed by atoms with van der Waals surface area (Å²) in [5.41, 5.74) is 0. The van der Waals surface area contributed by atoms with Crippen molar-refractivity contribution < 1.29 is 30.0 Å². The van der Waals surface area contributed by atoms with Gasteiger partial charge in [0, 0.05) is 6.42 Å². The second-order valence-electron chi connectivity index (χ2n) is 2.32. The van der Waals surface area contributed by atoms with Crippen LogP contribution in [0.2, 0.25) is 0 Å². The molecule has 0 aliphatic heterocycles. The fourth-order valence-corrected chi connectivity index (χ4v) is 0.641. The van der Waals surface area contributed by atoms with Crippen molar-refractivity contribution in [1.82, 2.24) is 0 Å². The van der Waals surface area contributed by atoms with Crippen LogP contribution in [0.1, 0.15) is 57.9 Å². The zero-order valence-corrected chi connectivity index (χ0v) is 8.99. The highest BCUT2D eigenvalue weighted by Gasteiger charge is 2.12. The van der Waals surface area contributed by atoms with Crippen LogP contribution < -0.4 is 0 Å². The number of rotatable bonds is 6. The Bertz CT molecular complexity index is 252. The molecule has 0 aromatic rings. The average Bonchev–Trinajstić information content (AvgIpc) is 2.21. The van der Waals surface area contributed by atoms with Crippen LogP contribution in [0.25, 0.3) is 0 Å². The van der Waals surface area contributed by atoms with Crippen molar-refractivity contribution in [3.8, 4) is 25.1 Å². The van der Waals surface area contributed by atoms with Gasteiger partial charge in [0.15, 0.2) is 6.10 Å². The van der Waals surface area contributed by atoms with Crippen molar-refractivity contribution in [2.75, 3.05) is 13.2 Å². The molecule has 4 N–H and O–H groups in total. The first-order chi connectivity index (χ1) is 6.74. The van der Waals surface area contributed by atoms with Crippen LogP contribution in [0.4, 0.5) is 0 Å². The summed E-state index contributed by atoms with van der Waals surface area (Å²) in [5, 5.41) is 0. The van der Waals surface area contributed by atoms with E-state index in [0.717, 1.165) is 0 Å². The molecule has 1 unspecified atom stereocenters. The van der Waals surface area contributed by atoms with Crippen LogP contribution in [0, 0.1) is 25.1 Å². The molecule has 0 fully saturated rings. The van der Waals surface area contributed by atoms with Crippen molar-refractivity contribution in [3.05, 3.63) is 0 Å². The number of hydrogen-bond acceptors (Lipinski definition) is 4. The van der Waals surface area contributed by atoms with E-state index in [1.165, 1.54) is 0 Å². The minimum atomic E-state index is -0.522. The molecule has 0 radical (unpaired) electrons. The molecule has 22 heavy (non-hydrogen) atoms. The first-order valence-corrected chi connectivity index (χ1v) is 4.08. The molecular weight excluding hydrogens is 288 g/mol. The first kappa shape index (κ1) is 59.5. The van der Waals surface area contributed by atoms with Gasteiger partial charge < -0.3 is 25.2 Å². The summed E-state index contributed by atoms with van der Waals surface area (Å²) in [7, 11) is 0. The molecule has 0 aromatic heterocycles. The van der Waals surface area contributed by atoms with Crippen molar-refractivity contribution >= 4 is 5.97 Å². The van der Waals surface area contributed by atoms with Gasteiger partial charge in [-0.1, -0.05) is 64.3 Å². The predicted molar refractivity (Wildman–Crippen MR) is 97.4 cm³/mol. The second kappa shape index (κ2) is 42.7. The third kappa shape index (κ3) is 36.2. The SMILES string of the molecule is C.C.C.C.C.C.C#COCC(COC(=O)CC)OC#C.O.O. The van der Waals surface area contributed by atoms with Gasteiger partial charge in [-0.3, -0.25) is 4.79 Å². The summed E-state index contributed by atoms with van der Waals surface area (Å²) in [5.74, 6) is -0.323. The molecule has 6 nitrogen and oxygen atoms in total. The highest BCUT2D eigenvalue weighted by molar-refractivity contribution is 5.68. The van der Waals surface area contributed by atoms with Crippen LogP contribution in [-0.2, 0) is 19.0 Å². The summed E-state index contributed by atoms with van der Waals surface area (Å²) in [6.45, 7) is 1.83. The van der Waals surface area contributed by atoms with E-state index in [4.69, 9.17) is 22.3 Å². The molecule has 0 aromatic carbocycles. The van der Waals surface area contributed by atoms with Gasteiger partial charge >= 0.3 is 5.97 Å². The zero-order valence-electron chi connectivity index (χ0n) is 8.99. The first-order valence-electron chi connectivity index (χ1n) is 4.08. The van der Waals surface area contributed by atoms with Gasteiger partial charge in [0.25, 0.3) is 0 Å². The Morgan fingerprint density at radius 3 is 1.73 bits per heavy atom. The van der Waals surface area contributed by atoms with E-state index < -0.39 is 6.10 Å². The molecule has 6 heteroatoms. The Hall–Kier alpha value is -1.89. The smallest absolute Gasteiger partial charge is 0.305 e. The maximum absolute atomic E-state index is 10.8. The van der Waals surface area contributed by atoms with E-state index in [-0.39, 0.29) is 74.7 Å². The quantitative estimate of drug-likeness (QED) is 0.551. The molecule has 0 saturated carbocycles. The lowest BCUT2D eigenvalue weighted by molar-refractivity contribution is -0.146. The Labute approximate surface area is 139 Å². The zero-order chi connectivity index (χ0) is 10.8. The monoisotopic (exact) mass is 328 g/mol. The second-order valence-corrected chi connectivity index (χ2v) is 2.32. The molecule has 140 valence electrons. The van der Waals surface area contributed by atoms with Gasteiger partial charge in [0.1, 0.15) is 25.4 Å². The van der Waals surface area contributed by atoms with Crippen LogP contribution in [0.5, 0.6) is 0 Å². The lowest BCUT2D eigenvalue weighted by atomic mass is 10.4. The molecule has 1 atom stereocenters. The fourth-order valence-electron chi connectivity index (χ4n) is 0.641. The Morgan fingerprint density at radius 2 is 1.41 bits per heavy atom. The van der Waals surface area contributed by atoms with E-state index in [2.05, 4.69) is 4.74 Å². The van der Waals surface area contributed by atoms with Crippen LogP contribution in [0.15, 0.2) is 0 Å². The number of hydrogen-bond donors (Lipinski definition) is 0. The normalized spacial score (nSPS) is 6.68. The van der Waals surface area contributed by atoms with Crippen LogP contribution >= 0.6 is 0 Å². The highest BCUT2D eigenvalue weighted by Crippen LogP contribution is 1.95. The van der Waals surface area contributed by atoms with Crippen molar-refractivity contribution in [2.45, 2.75) is 64.0 Å². The predicted octanol–water partition coefficient (Wildman–Crippen LogP) is 2.69. The van der Waals surface area contributed by atoms with Crippen LogP contribution in [-0.4, -0.2) is 36.2 Å². The molecule has 0 spiro atoms. The third-order valence-electron chi connectivity index (χ3n) is 1.31. The van der Waals surface area contributed by atoms with Crippen molar-refractivity contribution in [2.24, 2.45) is 0 Å². The maximum atomic E-state index is 10.8. The molecule has 0 rings (SSSR count). The largest absolute Gasteiger partial charge is 0.462 e. The number of carbonyl (C=O) groups excluding carboxylic acids is 1.